The zero-order valence-electron chi connectivity index (χ0n) is 13.4. The fourth-order valence-corrected chi connectivity index (χ4v) is 2.26. The minimum Gasteiger partial charge on any atom is -0.507 e. The van der Waals surface area contributed by atoms with Crippen LogP contribution in [0.1, 0.15) is 23.7 Å². The molecule has 4 N–H and O–H groups in total. The molecule has 0 saturated heterocycles. The number of nitrogens with one attached hydrogen (secondary N) is 1. The van der Waals surface area contributed by atoms with Crippen molar-refractivity contribution in [3.63, 3.8) is 0 Å². The molecule has 0 radical (unpaired) electrons. The van der Waals surface area contributed by atoms with Crippen molar-refractivity contribution in [1.82, 2.24) is 5.32 Å². The molecule has 2 aromatic carbocycles. The molecule has 2 aromatic rings. The molecule has 0 fully saturated rings. The maximum Gasteiger partial charge on any atom is 0.407 e. The van der Waals surface area contributed by atoms with Crippen LogP contribution in [-0.4, -0.2) is 34.1 Å². The first-order valence-electron chi connectivity index (χ1n) is 7.77. The molecule has 0 aliphatic rings. The average molecular weight is 349 g/mol. The minimum atomic E-state index is -1.61. The molecule has 2 unspecified atom stereocenters. The van der Waals surface area contributed by atoms with Gasteiger partial charge in [-0.1, -0.05) is 36.4 Å². The molecule has 0 bridgehead atoms. The van der Waals surface area contributed by atoms with E-state index in [0.29, 0.717) is 0 Å². The van der Waals surface area contributed by atoms with Crippen LogP contribution < -0.4 is 5.32 Å². The molecule has 0 aromatic heterocycles. The van der Waals surface area contributed by atoms with Gasteiger partial charge in [-0.2, -0.15) is 0 Å². The number of carbonyl (C=O) groups is 1. The molecule has 0 aliphatic carbocycles. The first-order valence-corrected chi connectivity index (χ1v) is 7.77. The Morgan fingerprint density at radius 2 is 1.84 bits per heavy atom. The predicted molar refractivity (Wildman–Crippen MR) is 88.3 cm³/mol. The molecule has 0 aliphatic heterocycles. The monoisotopic (exact) mass is 349 g/mol. The molecule has 2 rings (SSSR count). The third-order valence-electron chi connectivity index (χ3n) is 3.61. The lowest BCUT2D eigenvalue weighted by atomic mass is 10.0. The zero-order valence-corrected chi connectivity index (χ0v) is 13.4. The Bertz CT molecular complexity index is 675. The van der Waals surface area contributed by atoms with E-state index in [0.717, 1.165) is 11.6 Å². The molecule has 7 heteroatoms. The van der Waals surface area contributed by atoms with Gasteiger partial charge in [0.15, 0.2) is 0 Å². The number of hydrogen-bond donors (Lipinski definition) is 4. The highest BCUT2D eigenvalue weighted by Crippen LogP contribution is 2.29. The van der Waals surface area contributed by atoms with Crippen LogP contribution in [0.3, 0.4) is 0 Å². The quantitative estimate of drug-likeness (QED) is 0.614. The van der Waals surface area contributed by atoms with E-state index in [1.807, 2.05) is 30.3 Å². The van der Waals surface area contributed by atoms with Gasteiger partial charge in [-0.05, 0) is 24.1 Å². The number of aromatic hydroxyl groups is 1. The van der Waals surface area contributed by atoms with Crippen molar-refractivity contribution in [3.05, 3.63) is 65.5 Å². The van der Waals surface area contributed by atoms with Gasteiger partial charge in [-0.25, -0.2) is 9.18 Å². The predicted octanol–water partition coefficient (Wildman–Crippen LogP) is 2.24. The molecule has 134 valence electrons. The average Bonchev–Trinajstić information content (AvgIpc) is 2.60. The second kappa shape index (κ2) is 9.00. The Kier molecular flexibility index (Phi) is 6.73. The van der Waals surface area contributed by atoms with Crippen LogP contribution in [0.4, 0.5) is 9.18 Å². The molecular weight excluding hydrogens is 329 g/mol. The Balaban J connectivity index is 1.76. The third kappa shape index (κ3) is 5.44. The molecule has 2 atom stereocenters. The highest BCUT2D eigenvalue weighted by Gasteiger charge is 2.24. The Labute approximate surface area is 144 Å². The summed E-state index contributed by atoms with van der Waals surface area (Å²) in [4.78, 5) is 11.6. The first-order chi connectivity index (χ1) is 12.0. The van der Waals surface area contributed by atoms with E-state index in [1.54, 1.807) is 0 Å². The normalized spacial score (nSPS) is 13.1. The van der Waals surface area contributed by atoms with Crippen LogP contribution in [0.2, 0.25) is 0 Å². The second-order valence-electron chi connectivity index (χ2n) is 5.46. The number of benzene rings is 2. The topological polar surface area (TPSA) is 99.0 Å². The fraction of sp³-hybridized carbons (Fsp3) is 0.278. The lowest BCUT2D eigenvalue weighted by Gasteiger charge is -2.19. The van der Waals surface area contributed by atoms with Gasteiger partial charge in [-0.15, -0.1) is 0 Å². The Morgan fingerprint density at radius 3 is 2.52 bits per heavy atom. The van der Waals surface area contributed by atoms with Gasteiger partial charge in [0.1, 0.15) is 24.3 Å². The molecule has 0 saturated carbocycles. The number of phenolic OH excluding ortho intramolecular Hbond substituents is 1. The SMILES string of the molecule is O=C(NCCC(O)C(O)c1c(O)cccc1F)OCc1ccccc1. The summed E-state index contributed by atoms with van der Waals surface area (Å²) in [6, 6.07) is 12.7. The largest absolute Gasteiger partial charge is 0.507 e. The number of halogens is 1. The summed E-state index contributed by atoms with van der Waals surface area (Å²) in [7, 11) is 0. The van der Waals surface area contributed by atoms with Crippen molar-refractivity contribution in [1.29, 1.82) is 0 Å². The van der Waals surface area contributed by atoms with Crippen LogP contribution in [0, 0.1) is 5.82 Å². The maximum atomic E-state index is 13.7. The molecular formula is C18H20FNO5. The van der Waals surface area contributed by atoms with Crippen molar-refractivity contribution >= 4 is 6.09 Å². The summed E-state index contributed by atoms with van der Waals surface area (Å²) < 4.78 is 18.7. The van der Waals surface area contributed by atoms with Crippen LogP contribution in [-0.2, 0) is 11.3 Å². The maximum absolute atomic E-state index is 13.7. The van der Waals surface area contributed by atoms with Crippen molar-refractivity contribution in [2.75, 3.05) is 6.54 Å². The van der Waals surface area contributed by atoms with Crippen molar-refractivity contribution in [3.8, 4) is 5.75 Å². The molecule has 25 heavy (non-hydrogen) atoms. The lowest BCUT2D eigenvalue weighted by molar-refractivity contribution is 0.0102. The number of ether oxygens (including phenoxy) is 1. The molecule has 0 spiro atoms. The summed E-state index contributed by atoms with van der Waals surface area (Å²) in [5.41, 5.74) is 0.463. The number of rotatable bonds is 7. The zero-order chi connectivity index (χ0) is 18.2. The van der Waals surface area contributed by atoms with Crippen LogP contribution >= 0.6 is 0 Å². The number of phenols is 1. The fourth-order valence-electron chi connectivity index (χ4n) is 2.26. The van der Waals surface area contributed by atoms with Crippen LogP contribution in [0.15, 0.2) is 48.5 Å². The number of hydrogen-bond acceptors (Lipinski definition) is 5. The van der Waals surface area contributed by atoms with E-state index >= 15 is 0 Å². The minimum absolute atomic E-state index is 0.0149. The lowest BCUT2D eigenvalue weighted by Crippen LogP contribution is -2.30. The van der Waals surface area contributed by atoms with Crippen molar-refractivity contribution < 1.29 is 29.2 Å². The summed E-state index contributed by atoms with van der Waals surface area (Å²) in [6.45, 7) is 0.127. The third-order valence-corrected chi connectivity index (χ3v) is 3.61. The van der Waals surface area contributed by atoms with E-state index in [4.69, 9.17) is 4.74 Å². The van der Waals surface area contributed by atoms with E-state index in [1.165, 1.54) is 12.1 Å². The van der Waals surface area contributed by atoms with Crippen molar-refractivity contribution in [2.45, 2.75) is 25.2 Å². The molecule has 6 nitrogen and oxygen atoms in total. The van der Waals surface area contributed by atoms with Crippen molar-refractivity contribution in [2.24, 2.45) is 0 Å². The molecule has 0 heterocycles. The van der Waals surface area contributed by atoms with E-state index in [2.05, 4.69) is 5.32 Å². The standard InChI is InChI=1S/C18H20FNO5/c19-13-7-4-8-14(21)16(13)17(23)15(22)9-10-20-18(24)25-11-12-5-2-1-3-6-12/h1-8,15,17,21-23H,9-11H2,(H,20,24). The van der Waals surface area contributed by atoms with Crippen LogP contribution in [0.25, 0.3) is 0 Å². The van der Waals surface area contributed by atoms with Gasteiger partial charge in [0, 0.05) is 6.54 Å². The number of aliphatic hydroxyl groups excluding tert-OH is 2. The number of aliphatic hydroxyl groups is 2. The summed E-state index contributed by atoms with van der Waals surface area (Å²) >= 11 is 0. The number of amides is 1. The second-order valence-corrected chi connectivity index (χ2v) is 5.46. The van der Waals surface area contributed by atoms with Crippen LogP contribution in [0.5, 0.6) is 5.75 Å². The number of carbonyl (C=O) groups excluding carboxylic acids is 1. The van der Waals surface area contributed by atoms with E-state index in [-0.39, 0.29) is 25.1 Å². The summed E-state index contributed by atoms with van der Waals surface area (Å²) in [5, 5.41) is 31.9. The first kappa shape index (κ1) is 18.7. The van der Waals surface area contributed by atoms with Gasteiger partial charge < -0.3 is 25.4 Å². The smallest absolute Gasteiger partial charge is 0.407 e. The number of alkyl carbamates (subject to hydrolysis) is 1. The molecule has 1 amide bonds. The van der Waals surface area contributed by atoms with Gasteiger partial charge in [0.05, 0.1) is 11.7 Å². The van der Waals surface area contributed by atoms with Gasteiger partial charge in [-0.3, -0.25) is 0 Å². The van der Waals surface area contributed by atoms with E-state index in [9.17, 15) is 24.5 Å². The van der Waals surface area contributed by atoms with E-state index < -0.39 is 29.9 Å². The van der Waals surface area contributed by atoms with Gasteiger partial charge in [0.25, 0.3) is 0 Å². The van der Waals surface area contributed by atoms with Gasteiger partial charge >= 0.3 is 6.09 Å². The summed E-state index contributed by atoms with van der Waals surface area (Å²) in [6.07, 6.45) is -3.69. The highest BCUT2D eigenvalue weighted by molar-refractivity contribution is 5.67. The highest BCUT2D eigenvalue weighted by atomic mass is 19.1. The summed E-state index contributed by atoms with van der Waals surface area (Å²) in [5.74, 6) is -1.26. The van der Waals surface area contributed by atoms with Gasteiger partial charge in [0.2, 0.25) is 0 Å². The Morgan fingerprint density at radius 1 is 1.12 bits per heavy atom. The Hall–Kier alpha value is -2.64.